The molecule has 1 aromatic carbocycles. The summed E-state index contributed by atoms with van der Waals surface area (Å²) in [6.45, 7) is 6.67. The van der Waals surface area contributed by atoms with Crippen LogP contribution in [-0.2, 0) is 6.54 Å². The van der Waals surface area contributed by atoms with E-state index in [-0.39, 0.29) is 5.76 Å². The van der Waals surface area contributed by atoms with Crippen molar-refractivity contribution in [2.45, 2.75) is 13.5 Å². The van der Waals surface area contributed by atoms with E-state index in [9.17, 15) is 4.79 Å². The number of hydrogen-bond acceptors (Lipinski definition) is 5. The molecule has 2 aromatic rings. The second-order valence-electron chi connectivity index (χ2n) is 6.48. The second kappa shape index (κ2) is 9.16. The highest BCUT2D eigenvalue weighted by atomic mass is 16.5. The number of aliphatic imine (C=N–C) groups is 1. The topological polar surface area (TPSA) is 96.3 Å². The standard InChI is InChI=1S/C20H27N5O3/c1-3-22-20(23-14-17-7-8-18(28-17)19(21)26)25-11-9-24(10-12-25)15-5-4-6-16(13-15)27-2/h4-8,13H,3,9-12,14H2,1-2H3,(H2,21,26)(H,22,23). The average Bonchev–Trinajstić information content (AvgIpc) is 3.21. The van der Waals surface area contributed by atoms with Crippen molar-refractivity contribution < 1.29 is 13.9 Å². The Kier molecular flexibility index (Phi) is 6.41. The summed E-state index contributed by atoms with van der Waals surface area (Å²) >= 11 is 0. The van der Waals surface area contributed by atoms with E-state index >= 15 is 0 Å². The number of carbonyl (C=O) groups is 1. The first kappa shape index (κ1) is 19.6. The minimum absolute atomic E-state index is 0.155. The number of rotatable bonds is 6. The van der Waals surface area contributed by atoms with Gasteiger partial charge in [-0.2, -0.15) is 0 Å². The lowest BCUT2D eigenvalue weighted by Gasteiger charge is -2.37. The number of methoxy groups -OCH3 is 1. The van der Waals surface area contributed by atoms with Crippen LogP contribution in [0, 0.1) is 0 Å². The first-order valence-electron chi connectivity index (χ1n) is 9.41. The van der Waals surface area contributed by atoms with Gasteiger partial charge in [0.15, 0.2) is 11.7 Å². The maximum atomic E-state index is 11.1. The summed E-state index contributed by atoms with van der Waals surface area (Å²) in [7, 11) is 1.68. The maximum absolute atomic E-state index is 11.1. The van der Waals surface area contributed by atoms with E-state index in [2.05, 4.69) is 32.2 Å². The van der Waals surface area contributed by atoms with E-state index in [1.807, 2.05) is 19.1 Å². The maximum Gasteiger partial charge on any atom is 0.284 e. The van der Waals surface area contributed by atoms with E-state index < -0.39 is 5.91 Å². The average molecular weight is 385 g/mol. The first-order chi connectivity index (χ1) is 13.6. The van der Waals surface area contributed by atoms with Crippen molar-refractivity contribution in [2.75, 3.05) is 44.7 Å². The van der Waals surface area contributed by atoms with Crippen molar-refractivity contribution in [1.82, 2.24) is 10.2 Å². The molecule has 8 heteroatoms. The SMILES string of the molecule is CCNC(=NCc1ccc(C(N)=O)o1)N1CCN(c2cccc(OC)c2)CC1. The minimum Gasteiger partial charge on any atom is -0.497 e. The van der Waals surface area contributed by atoms with Crippen molar-refractivity contribution in [3.05, 3.63) is 47.9 Å². The Hall–Kier alpha value is -3.16. The van der Waals surface area contributed by atoms with Crippen molar-refractivity contribution in [3.8, 4) is 5.75 Å². The molecular weight excluding hydrogens is 358 g/mol. The third-order valence-electron chi connectivity index (χ3n) is 4.62. The van der Waals surface area contributed by atoms with Gasteiger partial charge >= 0.3 is 0 Å². The third kappa shape index (κ3) is 4.76. The van der Waals surface area contributed by atoms with Gasteiger partial charge in [-0.05, 0) is 31.2 Å². The molecule has 150 valence electrons. The number of nitrogens with zero attached hydrogens (tertiary/aromatic N) is 3. The van der Waals surface area contributed by atoms with E-state index in [1.54, 1.807) is 19.2 Å². The Bertz CT molecular complexity index is 825. The van der Waals surface area contributed by atoms with Crippen LogP contribution in [-0.4, -0.2) is 56.6 Å². The van der Waals surface area contributed by atoms with Gasteiger partial charge < -0.3 is 30.0 Å². The first-order valence-corrected chi connectivity index (χ1v) is 9.41. The number of hydrogen-bond donors (Lipinski definition) is 2. The Balaban J connectivity index is 1.62. The number of anilines is 1. The van der Waals surface area contributed by atoms with Crippen molar-refractivity contribution in [3.63, 3.8) is 0 Å². The smallest absolute Gasteiger partial charge is 0.284 e. The highest BCUT2D eigenvalue weighted by Crippen LogP contribution is 2.22. The number of nitrogens with two attached hydrogens (primary N) is 1. The quantitative estimate of drug-likeness (QED) is 0.580. The Morgan fingerprint density at radius 1 is 1.25 bits per heavy atom. The molecule has 0 aliphatic carbocycles. The van der Waals surface area contributed by atoms with Crippen molar-refractivity contribution in [2.24, 2.45) is 10.7 Å². The molecule has 8 nitrogen and oxygen atoms in total. The largest absolute Gasteiger partial charge is 0.497 e. The number of nitrogens with one attached hydrogen (secondary N) is 1. The van der Waals surface area contributed by atoms with Crippen LogP contribution in [0.5, 0.6) is 5.75 Å². The molecule has 1 fully saturated rings. The number of ether oxygens (including phenoxy) is 1. The summed E-state index contributed by atoms with van der Waals surface area (Å²) in [6, 6.07) is 11.4. The van der Waals surface area contributed by atoms with Crippen molar-refractivity contribution >= 4 is 17.6 Å². The van der Waals surface area contributed by atoms with Gasteiger partial charge in [0.25, 0.3) is 5.91 Å². The van der Waals surface area contributed by atoms with E-state index in [4.69, 9.17) is 14.9 Å². The molecule has 1 aliphatic heterocycles. The Labute approximate surface area is 165 Å². The highest BCUT2D eigenvalue weighted by molar-refractivity contribution is 5.89. The fraction of sp³-hybridized carbons (Fsp3) is 0.400. The number of primary amides is 1. The van der Waals surface area contributed by atoms with Crippen LogP contribution in [0.1, 0.15) is 23.2 Å². The van der Waals surface area contributed by atoms with Gasteiger partial charge in [0.1, 0.15) is 18.1 Å². The van der Waals surface area contributed by atoms with Crippen LogP contribution in [0.25, 0.3) is 0 Å². The molecule has 1 aliphatic rings. The number of guanidine groups is 1. The lowest BCUT2D eigenvalue weighted by Crippen LogP contribution is -2.52. The van der Waals surface area contributed by atoms with E-state index in [1.165, 1.54) is 0 Å². The zero-order valence-corrected chi connectivity index (χ0v) is 16.4. The van der Waals surface area contributed by atoms with Crippen LogP contribution in [0.15, 0.2) is 45.8 Å². The predicted molar refractivity (Wildman–Crippen MR) is 109 cm³/mol. The third-order valence-corrected chi connectivity index (χ3v) is 4.62. The molecule has 0 spiro atoms. The van der Waals surface area contributed by atoms with Gasteiger partial charge in [-0.1, -0.05) is 6.07 Å². The molecule has 1 amide bonds. The fourth-order valence-corrected chi connectivity index (χ4v) is 3.16. The Morgan fingerprint density at radius 3 is 2.68 bits per heavy atom. The van der Waals surface area contributed by atoms with Gasteiger partial charge in [0.2, 0.25) is 0 Å². The van der Waals surface area contributed by atoms with Crippen LogP contribution in [0.2, 0.25) is 0 Å². The summed E-state index contributed by atoms with van der Waals surface area (Å²) in [6.07, 6.45) is 0. The summed E-state index contributed by atoms with van der Waals surface area (Å²) in [5.74, 6) is 1.89. The molecule has 0 bridgehead atoms. The molecule has 0 saturated carbocycles. The van der Waals surface area contributed by atoms with E-state index in [0.29, 0.717) is 12.3 Å². The van der Waals surface area contributed by atoms with E-state index in [0.717, 1.165) is 50.1 Å². The molecule has 0 unspecified atom stereocenters. The summed E-state index contributed by atoms with van der Waals surface area (Å²) in [4.78, 5) is 20.4. The van der Waals surface area contributed by atoms with Gasteiger partial charge in [-0.25, -0.2) is 4.99 Å². The van der Waals surface area contributed by atoms with Gasteiger partial charge in [0, 0.05) is 44.5 Å². The highest BCUT2D eigenvalue weighted by Gasteiger charge is 2.20. The summed E-state index contributed by atoms with van der Waals surface area (Å²) < 4.78 is 10.7. The number of benzene rings is 1. The lowest BCUT2D eigenvalue weighted by atomic mass is 10.2. The lowest BCUT2D eigenvalue weighted by molar-refractivity contribution is 0.0972. The molecule has 28 heavy (non-hydrogen) atoms. The van der Waals surface area contributed by atoms with Crippen LogP contribution >= 0.6 is 0 Å². The number of piperazine rings is 1. The summed E-state index contributed by atoms with van der Waals surface area (Å²) in [5, 5.41) is 3.33. The van der Waals surface area contributed by atoms with Crippen LogP contribution in [0.4, 0.5) is 5.69 Å². The zero-order chi connectivity index (χ0) is 19.9. The monoisotopic (exact) mass is 385 g/mol. The molecule has 1 saturated heterocycles. The van der Waals surface area contributed by atoms with Crippen molar-refractivity contribution in [1.29, 1.82) is 0 Å². The number of furan rings is 1. The molecule has 2 heterocycles. The molecule has 3 N–H and O–H groups in total. The number of carbonyl (C=O) groups excluding carboxylic acids is 1. The molecule has 0 atom stereocenters. The minimum atomic E-state index is -0.573. The molecular formula is C20H27N5O3. The van der Waals surface area contributed by atoms with Crippen LogP contribution < -0.4 is 20.7 Å². The van der Waals surface area contributed by atoms with Crippen LogP contribution in [0.3, 0.4) is 0 Å². The normalized spacial score (nSPS) is 14.9. The molecule has 3 rings (SSSR count). The molecule has 1 aromatic heterocycles. The zero-order valence-electron chi connectivity index (χ0n) is 16.4. The number of amides is 1. The van der Waals surface area contributed by atoms with Gasteiger partial charge in [-0.3, -0.25) is 4.79 Å². The predicted octanol–water partition coefficient (Wildman–Crippen LogP) is 1.67. The summed E-state index contributed by atoms with van der Waals surface area (Å²) in [5.41, 5.74) is 6.39. The molecule has 0 radical (unpaired) electrons. The van der Waals surface area contributed by atoms with Gasteiger partial charge in [0.05, 0.1) is 7.11 Å². The second-order valence-corrected chi connectivity index (χ2v) is 6.48. The fourth-order valence-electron chi connectivity index (χ4n) is 3.16. The van der Waals surface area contributed by atoms with Gasteiger partial charge in [-0.15, -0.1) is 0 Å². The Morgan fingerprint density at radius 2 is 2.04 bits per heavy atom.